The maximum Gasteiger partial charge on any atom is 0.264 e. The van der Waals surface area contributed by atoms with Gasteiger partial charge in [0.15, 0.2) is 5.82 Å². The molecule has 1 unspecified atom stereocenters. The van der Waals surface area contributed by atoms with E-state index in [1.54, 1.807) is 11.3 Å². The van der Waals surface area contributed by atoms with Gasteiger partial charge in [0.05, 0.1) is 10.9 Å². The van der Waals surface area contributed by atoms with Crippen LogP contribution in [0.1, 0.15) is 72.4 Å². The second kappa shape index (κ2) is 7.91. The highest BCUT2D eigenvalue weighted by molar-refractivity contribution is 7.13. The Morgan fingerprint density at radius 3 is 2.68 bits per heavy atom. The molecule has 1 amide bonds. The lowest BCUT2D eigenvalue weighted by Gasteiger charge is -2.39. The molecule has 152 valence electrons. The van der Waals surface area contributed by atoms with Crippen molar-refractivity contribution >= 4 is 17.2 Å². The summed E-state index contributed by atoms with van der Waals surface area (Å²) in [6, 6.07) is 4.36. The zero-order valence-corrected chi connectivity index (χ0v) is 17.9. The second-order valence-corrected chi connectivity index (χ2v) is 9.26. The summed E-state index contributed by atoms with van der Waals surface area (Å²) in [6.45, 7) is 9.62. The zero-order valence-electron chi connectivity index (χ0n) is 17.1. The standard InChI is InChI=1S/C20H30N6OS/c1-4-25(5-2)20(19-21-22-23-26(19)16-8-6-7-9-16)12-13-24(14-20)18(27)17-11-10-15(3)28-17/h10-11,16H,4-9,12-14H2,1-3H3. The van der Waals surface area contributed by atoms with Crippen molar-refractivity contribution in [2.45, 2.75) is 64.5 Å². The molecule has 0 spiro atoms. The number of tetrazole rings is 1. The van der Waals surface area contributed by atoms with Gasteiger partial charge in [0.2, 0.25) is 0 Å². The first-order valence-corrected chi connectivity index (χ1v) is 11.3. The van der Waals surface area contributed by atoms with E-state index in [0.717, 1.165) is 49.6 Å². The average molecular weight is 403 g/mol. The van der Waals surface area contributed by atoms with Gasteiger partial charge in [-0.05, 0) is 61.8 Å². The Bertz CT molecular complexity index is 822. The highest BCUT2D eigenvalue weighted by Gasteiger charge is 2.49. The van der Waals surface area contributed by atoms with E-state index in [-0.39, 0.29) is 11.4 Å². The van der Waals surface area contributed by atoms with Gasteiger partial charge in [-0.15, -0.1) is 16.4 Å². The number of likely N-dealkylation sites (tertiary alicyclic amines) is 1. The molecule has 7 nitrogen and oxygen atoms in total. The first kappa shape index (κ1) is 19.5. The molecule has 1 atom stereocenters. The molecule has 2 aliphatic rings. The van der Waals surface area contributed by atoms with E-state index in [1.807, 2.05) is 24.0 Å². The van der Waals surface area contributed by atoms with Crippen molar-refractivity contribution < 1.29 is 4.79 Å². The molecule has 8 heteroatoms. The predicted octanol–water partition coefficient (Wildman–Crippen LogP) is 3.24. The van der Waals surface area contributed by atoms with Crippen molar-refractivity contribution in [2.24, 2.45) is 0 Å². The van der Waals surface area contributed by atoms with E-state index in [4.69, 9.17) is 0 Å². The molecule has 0 N–H and O–H groups in total. The number of carbonyl (C=O) groups is 1. The van der Waals surface area contributed by atoms with Gasteiger partial charge in [-0.25, -0.2) is 4.68 Å². The van der Waals surface area contributed by atoms with Gasteiger partial charge >= 0.3 is 0 Å². The van der Waals surface area contributed by atoms with Crippen LogP contribution in [0.5, 0.6) is 0 Å². The number of carbonyl (C=O) groups excluding carboxylic acids is 1. The molecule has 2 aromatic rings. The van der Waals surface area contributed by atoms with Crippen molar-refractivity contribution in [1.82, 2.24) is 30.0 Å². The van der Waals surface area contributed by atoms with Crippen molar-refractivity contribution in [2.75, 3.05) is 26.2 Å². The van der Waals surface area contributed by atoms with Gasteiger partial charge in [0, 0.05) is 18.0 Å². The van der Waals surface area contributed by atoms with Crippen LogP contribution in [0.3, 0.4) is 0 Å². The molecule has 28 heavy (non-hydrogen) atoms. The summed E-state index contributed by atoms with van der Waals surface area (Å²) in [5.41, 5.74) is -0.308. The molecule has 4 rings (SSSR count). The van der Waals surface area contributed by atoms with E-state index >= 15 is 0 Å². The molecule has 1 aliphatic heterocycles. The lowest BCUT2D eigenvalue weighted by molar-refractivity contribution is 0.0664. The highest BCUT2D eigenvalue weighted by Crippen LogP contribution is 2.40. The predicted molar refractivity (Wildman–Crippen MR) is 109 cm³/mol. The lowest BCUT2D eigenvalue weighted by atomic mass is 9.94. The van der Waals surface area contributed by atoms with Crippen LogP contribution in [0.25, 0.3) is 0 Å². The molecular formula is C20H30N6OS. The Balaban J connectivity index is 1.67. The third-order valence-corrected chi connectivity index (χ3v) is 7.42. The molecule has 1 saturated heterocycles. The van der Waals surface area contributed by atoms with Crippen LogP contribution in [0, 0.1) is 6.92 Å². The number of hydrogen-bond donors (Lipinski definition) is 0. The topological polar surface area (TPSA) is 67.2 Å². The quantitative estimate of drug-likeness (QED) is 0.742. The highest BCUT2D eigenvalue weighted by atomic mass is 32.1. The largest absolute Gasteiger partial charge is 0.336 e. The number of aromatic nitrogens is 4. The molecule has 0 radical (unpaired) electrons. The molecule has 3 heterocycles. The van der Waals surface area contributed by atoms with E-state index in [0.29, 0.717) is 12.6 Å². The number of hydrogen-bond acceptors (Lipinski definition) is 6. The van der Waals surface area contributed by atoms with Gasteiger partial charge in [0.25, 0.3) is 5.91 Å². The van der Waals surface area contributed by atoms with Crippen LogP contribution >= 0.6 is 11.3 Å². The smallest absolute Gasteiger partial charge is 0.264 e. The van der Waals surface area contributed by atoms with Crippen molar-refractivity contribution in [1.29, 1.82) is 0 Å². The molecule has 1 saturated carbocycles. The summed E-state index contributed by atoms with van der Waals surface area (Å²) < 4.78 is 2.08. The van der Waals surface area contributed by atoms with E-state index < -0.39 is 0 Å². The Labute approximate surface area is 170 Å². The van der Waals surface area contributed by atoms with E-state index in [9.17, 15) is 4.79 Å². The fourth-order valence-electron chi connectivity index (χ4n) is 4.98. The molecular weight excluding hydrogens is 372 g/mol. The first-order chi connectivity index (χ1) is 13.6. The van der Waals surface area contributed by atoms with Crippen LogP contribution in [0.4, 0.5) is 0 Å². The molecule has 2 fully saturated rings. The number of amides is 1. The van der Waals surface area contributed by atoms with E-state index in [2.05, 4.69) is 39.0 Å². The third kappa shape index (κ3) is 3.26. The summed E-state index contributed by atoms with van der Waals surface area (Å²) in [6.07, 6.45) is 5.64. The van der Waals surface area contributed by atoms with Crippen LogP contribution in [-0.2, 0) is 5.54 Å². The van der Waals surface area contributed by atoms with Gasteiger partial charge in [-0.2, -0.15) is 0 Å². The normalized spacial score (nSPS) is 23.2. The number of thiophene rings is 1. The maximum atomic E-state index is 13.1. The van der Waals surface area contributed by atoms with E-state index in [1.165, 1.54) is 17.7 Å². The van der Waals surface area contributed by atoms with Gasteiger partial charge in [-0.3, -0.25) is 9.69 Å². The number of rotatable bonds is 6. The van der Waals surface area contributed by atoms with Crippen LogP contribution in [0.2, 0.25) is 0 Å². The fraction of sp³-hybridized carbons (Fsp3) is 0.700. The summed E-state index contributed by atoms with van der Waals surface area (Å²) in [7, 11) is 0. The zero-order chi connectivity index (χ0) is 19.7. The minimum absolute atomic E-state index is 0.132. The first-order valence-electron chi connectivity index (χ1n) is 10.5. The Kier molecular flexibility index (Phi) is 5.51. The monoisotopic (exact) mass is 402 g/mol. The van der Waals surface area contributed by atoms with Gasteiger partial charge in [0.1, 0.15) is 5.54 Å². The van der Waals surface area contributed by atoms with Crippen LogP contribution < -0.4 is 0 Å². The Hall–Kier alpha value is -1.80. The van der Waals surface area contributed by atoms with Crippen LogP contribution in [-0.4, -0.2) is 62.1 Å². The average Bonchev–Trinajstić information content (AvgIpc) is 3.47. The fourth-order valence-corrected chi connectivity index (χ4v) is 5.81. The SMILES string of the molecule is CCN(CC)C1(c2nnnn2C2CCCC2)CCN(C(=O)c2ccc(C)s2)C1. The molecule has 2 aromatic heterocycles. The minimum Gasteiger partial charge on any atom is -0.336 e. The van der Waals surface area contributed by atoms with Crippen molar-refractivity contribution in [3.05, 3.63) is 27.7 Å². The molecule has 0 aromatic carbocycles. The summed E-state index contributed by atoms with van der Waals surface area (Å²) in [5, 5.41) is 13.0. The minimum atomic E-state index is -0.308. The summed E-state index contributed by atoms with van der Waals surface area (Å²) in [5.74, 6) is 1.08. The van der Waals surface area contributed by atoms with Crippen LogP contribution in [0.15, 0.2) is 12.1 Å². The summed E-state index contributed by atoms with van der Waals surface area (Å²) in [4.78, 5) is 19.5. The van der Waals surface area contributed by atoms with Crippen molar-refractivity contribution in [3.63, 3.8) is 0 Å². The van der Waals surface area contributed by atoms with Gasteiger partial charge < -0.3 is 4.90 Å². The molecule has 1 aliphatic carbocycles. The Morgan fingerprint density at radius 2 is 2.04 bits per heavy atom. The second-order valence-electron chi connectivity index (χ2n) is 7.98. The lowest BCUT2D eigenvalue weighted by Crippen LogP contribution is -2.50. The molecule has 0 bridgehead atoms. The van der Waals surface area contributed by atoms with Crippen molar-refractivity contribution in [3.8, 4) is 0 Å². The number of nitrogens with zero attached hydrogens (tertiary/aromatic N) is 6. The Morgan fingerprint density at radius 1 is 1.29 bits per heavy atom. The summed E-state index contributed by atoms with van der Waals surface area (Å²) >= 11 is 1.57. The third-order valence-electron chi connectivity index (χ3n) is 6.43. The maximum absolute atomic E-state index is 13.1. The number of likely N-dealkylation sites (N-methyl/N-ethyl adjacent to an activating group) is 1. The number of aryl methyl sites for hydroxylation is 1. The van der Waals surface area contributed by atoms with Gasteiger partial charge in [-0.1, -0.05) is 26.7 Å².